The van der Waals surface area contributed by atoms with Crippen LogP contribution in [0.5, 0.6) is 0 Å². The summed E-state index contributed by atoms with van der Waals surface area (Å²) < 4.78 is 5.64. The van der Waals surface area contributed by atoms with Crippen LogP contribution in [0, 0.1) is 5.41 Å². The van der Waals surface area contributed by atoms with Gasteiger partial charge in [-0.15, -0.1) is 0 Å². The number of rotatable bonds is 2. The molecule has 0 aliphatic carbocycles. The van der Waals surface area contributed by atoms with E-state index in [2.05, 4.69) is 25.8 Å². The van der Waals surface area contributed by atoms with Crippen LogP contribution in [0.4, 0.5) is 0 Å². The lowest BCUT2D eigenvalue weighted by molar-refractivity contribution is 0.303. The van der Waals surface area contributed by atoms with Crippen LogP contribution in [-0.4, -0.2) is 11.0 Å². The molecule has 0 bridgehead atoms. The Morgan fingerprint density at radius 1 is 1.41 bits per heavy atom. The molecule has 1 aromatic carbocycles. The molecule has 0 aliphatic heterocycles. The van der Waals surface area contributed by atoms with Gasteiger partial charge in [-0.2, -0.15) is 0 Å². The predicted molar refractivity (Wildman–Crippen MR) is 70.2 cm³/mol. The number of nitrogens with two attached hydrogens (primary N) is 1. The second kappa shape index (κ2) is 4.31. The molecular formula is C13H17ClN2O. The zero-order chi connectivity index (χ0) is 12.6. The number of halogens is 1. The molecule has 17 heavy (non-hydrogen) atoms. The SMILES string of the molecule is CC(C)(C)C(N)Cc1nc2cc(Cl)ccc2o1. The van der Waals surface area contributed by atoms with Gasteiger partial charge in [0.25, 0.3) is 0 Å². The van der Waals surface area contributed by atoms with Crippen LogP contribution in [0.3, 0.4) is 0 Å². The number of aromatic nitrogens is 1. The molecule has 0 aliphatic rings. The molecule has 4 heteroatoms. The van der Waals surface area contributed by atoms with Crippen LogP contribution in [0.25, 0.3) is 11.1 Å². The fourth-order valence-electron chi connectivity index (χ4n) is 1.53. The van der Waals surface area contributed by atoms with Crippen LogP contribution in [0.2, 0.25) is 5.02 Å². The summed E-state index contributed by atoms with van der Waals surface area (Å²) >= 11 is 5.90. The first-order chi connectivity index (χ1) is 7.86. The van der Waals surface area contributed by atoms with Crippen LogP contribution < -0.4 is 5.73 Å². The van der Waals surface area contributed by atoms with Crippen molar-refractivity contribution in [3.63, 3.8) is 0 Å². The molecule has 1 atom stereocenters. The van der Waals surface area contributed by atoms with Crippen molar-refractivity contribution in [1.82, 2.24) is 4.98 Å². The molecular weight excluding hydrogens is 236 g/mol. The topological polar surface area (TPSA) is 52.0 Å². The van der Waals surface area contributed by atoms with E-state index in [4.69, 9.17) is 21.8 Å². The van der Waals surface area contributed by atoms with Crippen LogP contribution in [0.1, 0.15) is 26.7 Å². The smallest absolute Gasteiger partial charge is 0.197 e. The number of nitrogens with zero attached hydrogens (tertiary/aromatic N) is 1. The molecule has 3 nitrogen and oxygen atoms in total. The Morgan fingerprint density at radius 2 is 2.12 bits per heavy atom. The quantitative estimate of drug-likeness (QED) is 0.891. The molecule has 1 unspecified atom stereocenters. The van der Waals surface area contributed by atoms with Gasteiger partial charge in [0, 0.05) is 17.5 Å². The Balaban J connectivity index is 2.25. The average molecular weight is 253 g/mol. The maximum absolute atomic E-state index is 6.11. The summed E-state index contributed by atoms with van der Waals surface area (Å²) in [4.78, 5) is 4.40. The first kappa shape index (κ1) is 12.4. The van der Waals surface area contributed by atoms with Gasteiger partial charge in [0.15, 0.2) is 11.5 Å². The molecule has 1 heterocycles. The lowest BCUT2D eigenvalue weighted by Crippen LogP contribution is -2.36. The molecule has 2 N–H and O–H groups in total. The summed E-state index contributed by atoms with van der Waals surface area (Å²) in [5.74, 6) is 0.671. The van der Waals surface area contributed by atoms with Gasteiger partial charge < -0.3 is 10.2 Å². The minimum absolute atomic E-state index is 0.0195. The van der Waals surface area contributed by atoms with Crippen molar-refractivity contribution in [2.24, 2.45) is 11.1 Å². The maximum Gasteiger partial charge on any atom is 0.197 e. The van der Waals surface area contributed by atoms with Gasteiger partial charge >= 0.3 is 0 Å². The van der Waals surface area contributed by atoms with Crippen molar-refractivity contribution >= 4 is 22.7 Å². The largest absolute Gasteiger partial charge is 0.441 e. The van der Waals surface area contributed by atoms with Crippen molar-refractivity contribution in [3.05, 3.63) is 29.1 Å². The second-order valence-corrected chi connectivity index (χ2v) is 5.83. The third-order valence-electron chi connectivity index (χ3n) is 2.90. The minimum Gasteiger partial charge on any atom is -0.441 e. The van der Waals surface area contributed by atoms with Crippen molar-refractivity contribution in [2.75, 3.05) is 0 Å². The van der Waals surface area contributed by atoms with Gasteiger partial charge in [0.05, 0.1) is 0 Å². The van der Waals surface area contributed by atoms with Crippen LogP contribution >= 0.6 is 11.6 Å². The number of oxazole rings is 1. The van der Waals surface area contributed by atoms with Crippen LogP contribution in [0.15, 0.2) is 22.6 Å². The highest BCUT2D eigenvalue weighted by molar-refractivity contribution is 6.31. The zero-order valence-electron chi connectivity index (χ0n) is 10.3. The Kier molecular flexibility index (Phi) is 3.15. The Hall–Kier alpha value is -1.06. The summed E-state index contributed by atoms with van der Waals surface area (Å²) in [7, 11) is 0. The van der Waals surface area contributed by atoms with E-state index < -0.39 is 0 Å². The number of hydrogen-bond acceptors (Lipinski definition) is 3. The lowest BCUT2D eigenvalue weighted by atomic mass is 9.85. The van der Waals surface area contributed by atoms with Crippen molar-refractivity contribution in [3.8, 4) is 0 Å². The number of fused-ring (bicyclic) bond motifs is 1. The van der Waals surface area contributed by atoms with Gasteiger partial charge in [-0.05, 0) is 23.6 Å². The molecule has 0 amide bonds. The predicted octanol–water partition coefficient (Wildman–Crippen LogP) is 3.40. The third kappa shape index (κ3) is 2.79. The zero-order valence-corrected chi connectivity index (χ0v) is 11.1. The van der Waals surface area contributed by atoms with Crippen molar-refractivity contribution in [1.29, 1.82) is 0 Å². The standard InChI is InChI=1S/C13H17ClN2O/c1-13(2,3)11(15)7-12-16-9-6-8(14)4-5-10(9)17-12/h4-6,11H,7,15H2,1-3H3. The van der Waals surface area contributed by atoms with E-state index in [0.717, 1.165) is 11.1 Å². The molecule has 0 saturated carbocycles. The van der Waals surface area contributed by atoms with E-state index in [9.17, 15) is 0 Å². The molecule has 92 valence electrons. The highest BCUT2D eigenvalue weighted by atomic mass is 35.5. The highest BCUT2D eigenvalue weighted by Gasteiger charge is 2.22. The lowest BCUT2D eigenvalue weighted by Gasteiger charge is -2.25. The first-order valence-corrected chi connectivity index (χ1v) is 6.04. The first-order valence-electron chi connectivity index (χ1n) is 5.67. The van der Waals surface area contributed by atoms with E-state index in [-0.39, 0.29) is 11.5 Å². The third-order valence-corrected chi connectivity index (χ3v) is 3.14. The summed E-state index contributed by atoms with van der Waals surface area (Å²) in [6.45, 7) is 6.32. The molecule has 0 saturated heterocycles. The van der Waals surface area contributed by atoms with Gasteiger partial charge in [0.1, 0.15) is 5.52 Å². The molecule has 1 aromatic heterocycles. The summed E-state index contributed by atoms with van der Waals surface area (Å²) in [6, 6.07) is 5.44. The summed E-state index contributed by atoms with van der Waals surface area (Å²) in [6.07, 6.45) is 0.635. The number of hydrogen-bond donors (Lipinski definition) is 1. The van der Waals surface area contributed by atoms with E-state index in [1.54, 1.807) is 12.1 Å². The Morgan fingerprint density at radius 3 is 2.76 bits per heavy atom. The van der Waals surface area contributed by atoms with Crippen LogP contribution in [-0.2, 0) is 6.42 Å². The maximum atomic E-state index is 6.11. The summed E-state index contributed by atoms with van der Waals surface area (Å²) in [5.41, 5.74) is 7.69. The summed E-state index contributed by atoms with van der Waals surface area (Å²) in [5, 5.41) is 0.664. The fraction of sp³-hybridized carbons (Fsp3) is 0.462. The van der Waals surface area contributed by atoms with E-state index >= 15 is 0 Å². The van der Waals surface area contributed by atoms with Gasteiger partial charge in [-0.3, -0.25) is 0 Å². The Bertz CT molecular complexity index is 528. The normalized spacial score (nSPS) is 14.2. The second-order valence-electron chi connectivity index (χ2n) is 5.40. The Labute approximate surface area is 106 Å². The van der Waals surface area contributed by atoms with E-state index in [1.807, 2.05) is 6.07 Å². The van der Waals surface area contributed by atoms with Gasteiger partial charge in [-0.25, -0.2) is 4.98 Å². The average Bonchev–Trinajstić information content (AvgIpc) is 2.57. The monoisotopic (exact) mass is 252 g/mol. The van der Waals surface area contributed by atoms with Gasteiger partial charge in [0.2, 0.25) is 0 Å². The fourth-order valence-corrected chi connectivity index (χ4v) is 1.70. The minimum atomic E-state index is 0.0195. The van der Waals surface area contributed by atoms with Crippen molar-refractivity contribution in [2.45, 2.75) is 33.2 Å². The van der Waals surface area contributed by atoms with E-state index in [1.165, 1.54) is 0 Å². The van der Waals surface area contributed by atoms with E-state index in [0.29, 0.717) is 17.3 Å². The molecule has 0 spiro atoms. The molecule has 2 aromatic rings. The molecule has 0 fully saturated rings. The highest BCUT2D eigenvalue weighted by Crippen LogP contribution is 2.24. The molecule has 2 rings (SSSR count). The van der Waals surface area contributed by atoms with Gasteiger partial charge in [-0.1, -0.05) is 32.4 Å². The van der Waals surface area contributed by atoms with Crippen molar-refractivity contribution < 1.29 is 4.42 Å². The molecule has 0 radical (unpaired) electrons. The number of benzene rings is 1.